The number of oxazole rings is 1. The molecule has 0 bridgehead atoms. The van der Waals surface area contributed by atoms with Crippen LogP contribution in [0.5, 0.6) is 0 Å². The van der Waals surface area contributed by atoms with Crippen molar-refractivity contribution in [3.8, 4) is 11.5 Å². The molecule has 24 heavy (non-hydrogen) atoms. The van der Waals surface area contributed by atoms with E-state index in [9.17, 15) is 4.79 Å². The summed E-state index contributed by atoms with van der Waals surface area (Å²) >= 11 is 1.49. The first kappa shape index (κ1) is 16.1. The molecule has 0 aliphatic heterocycles. The van der Waals surface area contributed by atoms with E-state index in [1.54, 1.807) is 18.5 Å². The van der Waals surface area contributed by atoms with Crippen molar-refractivity contribution in [3.05, 3.63) is 64.4 Å². The smallest absolute Gasteiger partial charge is 0.244 e. The van der Waals surface area contributed by atoms with Crippen molar-refractivity contribution in [2.45, 2.75) is 13.3 Å². The van der Waals surface area contributed by atoms with E-state index in [-0.39, 0.29) is 5.91 Å². The van der Waals surface area contributed by atoms with Crippen LogP contribution in [0.1, 0.15) is 16.3 Å². The molecule has 0 radical (unpaired) electrons. The number of aryl methyl sites for hydroxylation is 1. The van der Waals surface area contributed by atoms with Crippen LogP contribution in [-0.4, -0.2) is 22.4 Å². The zero-order chi connectivity index (χ0) is 16.8. The Hall–Kier alpha value is -2.73. The van der Waals surface area contributed by atoms with Crippen molar-refractivity contribution in [2.75, 3.05) is 6.54 Å². The Kier molecular flexibility index (Phi) is 5.18. The zero-order valence-electron chi connectivity index (χ0n) is 13.2. The fourth-order valence-corrected chi connectivity index (χ4v) is 2.62. The van der Waals surface area contributed by atoms with Gasteiger partial charge in [0.05, 0.1) is 5.69 Å². The molecule has 0 unspecified atom stereocenters. The number of hydrogen-bond acceptors (Lipinski definition) is 5. The van der Waals surface area contributed by atoms with E-state index in [1.165, 1.54) is 23.0 Å². The van der Waals surface area contributed by atoms with Gasteiger partial charge in [0.25, 0.3) is 0 Å². The van der Waals surface area contributed by atoms with Crippen molar-refractivity contribution in [1.29, 1.82) is 0 Å². The molecule has 2 aromatic heterocycles. The van der Waals surface area contributed by atoms with Gasteiger partial charge in [-0.25, -0.2) is 9.97 Å². The number of hydrogen-bond donors (Lipinski definition) is 1. The van der Waals surface area contributed by atoms with Gasteiger partial charge < -0.3 is 9.73 Å². The third-order valence-corrected chi connectivity index (χ3v) is 4.10. The van der Waals surface area contributed by atoms with E-state index in [4.69, 9.17) is 4.42 Å². The molecule has 1 amide bonds. The van der Waals surface area contributed by atoms with Crippen molar-refractivity contribution >= 4 is 23.3 Å². The van der Waals surface area contributed by atoms with Crippen molar-refractivity contribution < 1.29 is 9.21 Å². The molecule has 1 N–H and O–H groups in total. The molecule has 3 rings (SSSR count). The van der Waals surface area contributed by atoms with Crippen LogP contribution in [-0.2, 0) is 11.2 Å². The minimum Gasteiger partial charge on any atom is -0.444 e. The van der Waals surface area contributed by atoms with E-state index in [1.807, 2.05) is 36.6 Å². The fraction of sp³-hybridized carbons (Fsp3) is 0.167. The highest BCUT2D eigenvalue weighted by Gasteiger charge is 2.06. The number of aromatic nitrogens is 2. The van der Waals surface area contributed by atoms with E-state index >= 15 is 0 Å². The van der Waals surface area contributed by atoms with Gasteiger partial charge in [-0.15, -0.1) is 11.3 Å². The predicted molar refractivity (Wildman–Crippen MR) is 94.5 cm³/mol. The number of amides is 1. The van der Waals surface area contributed by atoms with Gasteiger partial charge in [-0.05, 0) is 25.1 Å². The molecular weight excluding hydrogens is 322 g/mol. The number of nitrogens with zero attached hydrogens (tertiary/aromatic N) is 2. The van der Waals surface area contributed by atoms with Crippen LogP contribution in [0, 0.1) is 6.92 Å². The van der Waals surface area contributed by atoms with Gasteiger partial charge in [0, 0.05) is 36.2 Å². The molecule has 5 nitrogen and oxygen atoms in total. The third-order valence-electron chi connectivity index (χ3n) is 3.36. The van der Waals surface area contributed by atoms with Crippen LogP contribution in [0.3, 0.4) is 0 Å². The van der Waals surface area contributed by atoms with Crippen LogP contribution in [0.15, 0.2) is 52.6 Å². The lowest BCUT2D eigenvalue weighted by molar-refractivity contribution is -0.116. The van der Waals surface area contributed by atoms with Gasteiger partial charge in [-0.3, -0.25) is 4.79 Å². The second-order valence-electron chi connectivity index (χ2n) is 5.25. The summed E-state index contributed by atoms with van der Waals surface area (Å²) in [6.07, 6.45) is 7.14. The van der Waals surface area contributed by atoms with Crippen molar-refractivity contribution in [2.24, 2.45) is 0 Å². The molecule has 0 fully saturated rings. The molecule has 3 aromatic rings. The average Bonchev–Trinajstić information content (AvgIpc) is 3.25. The number of carbonyl (C=O) groups is 1. The maximum atomic E-state index is 11.7. The monoisotopic (exact) mass is 339 g/mol. The van der Waals surface area contributed by atoms with E-state index in [0.29, 0.717) is 18.9 Å². The van der Waals surface area contributed by atoms with Crippen LogP contribution < -0.4 is 5.32 Å². The van der Waals surface area contributed by atoms with Gasteiger partial charge in [0.2, 0.25) is 11.8 Å². The maximum absolute atomic E-state index is 11.7. The Morgan fingerprint density at radius 1 is 1.33 bits per heavy atom. The minimum absolute atomic E-state index is 0.146. The first-order chi connectivity index (χ1) is 11.7. The first-order valence-electron chi connectivity index (χ1n) is 7.57. The standard InChI is InChI=1S/C18H17N3O2S/c1-13-2-4-14(5-3-13)18-21-15(12-23-18)8-9-19-16(22)6-7-17-20-10-11-24-17/h2-7,10-12H,8-9H2,1H3,(H,19,22). The Labute approximate surface area is 144 Å². The minimum atomic E-state index is -0.146. The van der Waals surface area contributed by atoms with Crippen molar-refractivity contribution in [1.82, 2.24) is 15.3 Å². The van der Waals surface area contributed by atoms with Gasteiger partial charge in [0.15, 0.2) is 0 Å². The number of thiazole rings is 1. The van der Waals surface area contributed by atoms with E-state index < -0.39 is 0 Å². The Morgan fingerprint density at radius 3 is 2.92 bits per heavy atom. The molecule has 0 atom stereocenters. The van der Waals surface area contributed by atoms with Gasteiger partial charge in [-0.2, -0.15) is 0 Å². The molecule has 0 spiro atoms. The second kappa shape index (κ2) is 7.70. The Bertz CT molecular complexity index is 820. The summed E-state index contributed by atoms with van der Waals surface area (Å²) in [6, 6.07) is 8.01. The summed E-state index contributed by atoms with van der Waals surface area (Å²) in [6.45, 7) is 2.54. The lowest BCUT2D eigenvalue weighted by atomic mass is 10.1. The molecule has 6 heteroatoms. The largest absolute Gasteiger partial charge is 0.444 e. The lowest BCUT2D eigenvalue weighted by Crippen LogP contribution is -2.23. The topological polar surface area (TPSA) is 68.0 Å². The average molecular weight is 339 g/mol. The van der Waals surface area contributed by atoms with Crippen LogP contribution in [0.4, 0.5) is 0 Å². The number of benzene rings is 1. The number of nitrogens with one attached hydrogen (secondary N) is 1. The lowest BCUT2D eigenvalue weighted by Gasteiger charge is -1.99. The molecular formula is C18H17N3O2S. The van der Waals surface area contributed by atoms with Gasteiger partial charge >= 0.3 is 0 Å². The third kappa shape index (κ3) is 4.39. The number of carbonyl (C=O) groups excluding carboxylic acids is 1. The molecule has 0 saturated heterocycles. The fourth-order valence-electron chi connectivity index (χ4n) is 2.09. The molecule has 0 aliphatic rings. The quantitative estimate of drug-likeness (QED) is 0.698. The van der Waals surface area contributed by atoms with Crippen LogP contribution in [0.25, 0.3) is 17.5 Å². The summed E-state index contributed by atoms with van der Waals surface area (Å²) in [5, 5.41) is 5.50. The van der Waals surface area contributed by atoms with E-state index in [0.717, 1.165) is 16.3 Å². The molecule has 0 saturated carbocycles. The molecule has 122 valence electrons. The first-order valence-corrected chi connectivity index (χ1v) is 8.45. The Balaban J connectivity index is 1.49. The van der Waals surface area contributed by atoms with Gasteiger partial charge in [-0.1, -0.05) is 17.7 Å². The summed E-state index contributed by atoms with van der Waals surface area (Å²) in [5.74, 6) is 0.451. The highest BCUT2D eigenvalue weighted by atomic mass is 32.1. The second-order valence-corrected chi connectivity index (χ2v) is 6.18. The number of rotatable bonds is 6. The highest BCUT2D eigenvalue weighted by Crippen LogP contribution is 2.19. The highest BCUT2D eigenvalue weighted by molar-refractivity contribution is 7.10. The normalized spacial score (nSPS) is 11.0. The van der Waals surface area contributed by atoms with Crippen LogP contribution >= 0.6 is 11.3 Å². The Morgan fingerprint density at radius 2 is 2.17 bits per heavy atom. The zero-order valence-corrected chi connectivity index (χ0v) is 14.0. The molecule has 1 aromatic carbocycles. The van der Waals surface area contributed by atoms with E-state index in [2.05, 4.69) is 15.3 Å². The summed E-state index contributed by atoms with van der Waals surface area (Å²) < 4.78 is 5.50. The summed E-state index contributed by atoms with van der Waals surface area (Å²) in [5.41, 5.74) is 2.95. The maximum Gasteiger partial charge on any atom is 0.244 e. The SMILES string of the molecule is Cc1ccc(-c2nc(CCNC(=O)C=Cc3nccs3)co2)cc1. The van der Waals surface area contributed by atoms with Crippen LogP contribution in [0.2, 0.25) is 0 Å². The van der Waals surface area contributed by atoms with Gasteiger partial charge in [0.1, 0.15) is 11.3 Å². The summed E-state index contributed by atoms with van der Waals surface area (Å²) in [4.78, 5) is 20.3. The predicted octanol–water partition coefficient (Wildman–Crippen LogP) is 3.48. The molecule has 0 aliphatic carbocycles. The molecule has 2 heterocycles. The van der Waals surface area contributed by atoms with Crippen molar-refractivity contribution in [3.63, 3.8) is 0 Å². The summed E-state index contributed by atoms with van der Waals surface area (Å²) in [7, 11) is 0.